The molecule has 0 N–H and O–H groups in total. The minimum atomic E-state index is -0.461. The van der Waals surface area contributed by atoms with Crippen molar-refractivity contribution in [2.45, 2.75) is 32.3 Å². The molecule has 0 bridgehead atoms. The first-order valence-corrected chi connectivity index (χ1v) is 8.61. The van der Waals surface area contributed by atoms with Crippen LogP contribution < -0.4 is 0 Å². The SMILES string of the molecule is CC(C)(C)OC(=O)N1C[C@@H]2C(c3ccn(-c4ccc(F)cc4)n3)[C@@H]2C1. The largest absolute Gasteiger partial charge is 0.444 e. The normalized spacial score (nSPS) is 25.0. The Morgan fingerprint density at radius 3 is 2.40 bits per heavy atom. The summed E-state index contributed by atoms with van der Waals surface area (Å²) in [4.78, 5) is 13.9. The molecule has 1 aliphatic heterocycles. The van der Waals surface area contributed by atoms with Crippen LogP contribution in [0.5, 0.6) is 0 Å². The highest BCUT2D eigenvalue weighted by Crippen LogP contribution is 2.57. The van der Waals surface area contributed by atoms with Gasteiger partial charge in [-0.3, -0.25) is 0 Å². The molecule has 2 aliphatic rings. The maximum absolute atomic E-state index is 13.0. The van der Waals surface area contributed by atoms with Gasteiger partial charge < -0.3 is 9.64 Å². The average Bonchev–Trinajstić information content (AvgIpc) is 2.94. The van der Waals surface area contributed by atoms with E-state index in [1.54, 1.807) is 21.7 Å². The lowest BCUT2D eigenvalue weighted by molar-refractivity contribution is 0.0270. The van der Waals surface area contributed by atoms with Crippen molar-refractivity contribution >= 4 is 6.09 Å². The number of likely N-dealkylation sites (tertiary alicyclic amines) is 1. The second-order valence-electron chi connectivity index (χ2n) is 7.90. The number of benzene rings is 1. The summed E-state index contributed by atoms with van der Waals surface area (Å²) in [6, 6.07) is 8.31. The molecule has 1 amide bonds. The molecule has 0 radical (unpaired) electrons. The maximum Gasteiger partial charge on any atom is 0.410 e. The van der Waals surface area contributed by atoms with Crippen LogP contribution in [-0.4, -0.2) is 39.5 Å². The first-order valence-electron chi connectivity index (χ1n) is 8.61. The fraction of sp³-hybridized carbons (Fsp3) is 0.474. The van der Waals surface area contributed by atoms with E-state index in [-0.39, 0.29) is 11.9 Å². The number of halogens is 1. The van der Waals surface area contributed by atoms with Gasteiger partial charge in [0.05, 0.1) is 11.4 Å². The van der Waals surface area contributed by atoms with E-state index in [0.717, 1.165) is 24.5 Å². The summed E-state index contributed by atoms with van der Waals surface area (Å²) in [5.41, 5.74) is 1.43. The first kappa shape index (κ1) is 16.1. The third-order valence-corrected chi connectivity index (χ3v) is 4.89. The minimum Gasteiger partial charge on any atom is -0.444 e. The number of aromatic nitrogens is 2. The molecule has 1 aromatic heterocycles. The molecule has 3 atom stereocenters. The molecule has 1 saturated carbocycles. The Hall–Kier alpha value is -2.37. The minimum absolute atomic E-state index is 0.227. The molecule has 2 fully saturated rings. The van der Waals surface area contributed by atoms with Gasteiger partial charge in [0.2, 0.25) is 0 Å². The molecule has 1 unspecified atom stereocenters. The summed E-state index contributed by atoms with van der Waals surface area (Å²) in [7, 11) is 0. The second-order valence-corrected chi connectivity index (χ2v) is 7.90. The van der Waals surface area contributed by atoms with Crippen LogP contribution in [-0.2, 0) is 4.74 Å². The average molecular weight is 343 g/mol. The molecule has 5 nitrogen and oxygen atoms in total. The van der Waals surface area contributed by atoms with Crippen LogP contribution in [0, 0.1) is 17.7 Å². The third kappa shape index (κ3) is 3.13. The van der Waals surface area contributed by atoms with Crippen LogP contribution in [0.2, 0.25) is 0 Å². The molecule has 0 spiro atoms. The third-order valence-electron chi connectivity index (χ3n) is 4.89. The van der Waals surface area contributed by atoms with Crippen LogP contribution in [0.25, 0.3) is 5.69 Å². The van der Waals surface area contributed by atoms with Crippen molar-refractivity contribution in [2.75, 3.05) is 13.1 Å². The summed E-state index contributed by atoms with van der Waals surface area (Å²) in [5.74, 6) is 1.07. The van der Waals surface area contributed by atoms with Gasteiger partial charge >= 0.3 is 6.09 Å². The quantitative estimate of drug-likeness (QED) is 0.837. The second kappa shape index (κ2) is 5.58. The maximum atomic E-state index is 13.0. The molecule has 4 rings (SSSR count). The van der Waals surface area contributed by atoms with Gasteiger partial charge in [-0.15, -0.1) is 0 Å². The summed E-state index contributed by atoms with van der Waals surface area (Å²) in [6.45, 7) is 7.10. The van der Waals surface area contributed by atoms with Crippen LogP contribution in [0.15, 0.2) is 36.5 Å². The molecule has 1 saturated heterocycles. The van der Waals surface area contributed by atoms with Crippen molar-refractivity contribution in [3.05, 3.63) is 48.0 Å². The van der Waals surface area contributed by atoms with Gasteiger partial charge in [-0.2, -0.15) is 5.10 Å². The lowest BCUT2D eigenvalue weighted by Gasteiger charge is -2.25. The van der Waals surface area contributed by atoms with Gasteiger partial charge in [-0.1, -0.05) is 0 Å². The van der Waals surface area contributed by atoms with Crippen molar-refractivity contribution in [3.8, 4) is 5.69 Å². The zero-order valence-corrected chi connectivity index (χ0v) is 14.6. The Morgan fingerprint density at radius 1 is 1.16 bits per heavy atom. The monoisotopic (exact) mass is 343 g/mol. The Labute approximate surface area is 146 Å². The summed E-state index contributed by atoms with van der Waals surface area (Å²) < 4.78 is 20.2. The van der Waals surface area contributed by atoms with Gasteiger partial charge in [-0.05, 0) is 62.9 Å². The fourth-order valence-electron chi connectivity index (χ4n) is 3.69. The lowest BCUT2D eigenvalue weighted by atomic mass is 10.2. The molecule has 6 heteroatoms. The summed E-state index contributed by atoms with van der Waals surface area (Å²) in [5, 5.41) is 4.64. The number of carbonyl (C=O) groups excluding carboxylic acids is 1. The molecule has 1 aromatic carbocycles. The van der Waals surface area contributed by atoms with Crippen molar-refractivity contribution < 1.29 is 13.9 Å². The number of fused-ring (bicyclic) bond motifs is 1. The Kier molecular flexibility index (Phi) is 3.60. The standard InChI is InChI=1S/C19H22FN3O2/c1-19(2,3)25-18(24)22-10-14-15(11-22)17(14)16-8-9-23(21-16)13-6-4-12(20)5-7-13/h4-9,14-15,17H,10-11H2,1-3H3/t14-,15+,17?. The van der Waals surface area contributed by atoms with E-state index >= 15 is 0 Å². The van der Waals surface area contributed by atoms with E-state index in [1.165, 1.54) is 12.1 Å². The van der Waals surface area contributed by atoms with E-state index in [0.29, 0.717) is 17.8 Å². The Bertz CT molecular complexity index is 782. The Balaban J connectivity index is 1.39. The van der Waals surface area contributed by atoms with Crippen molar-refractivity contribution in [1.82, 2.24) is 14.7 Å². The number of amides is 1. The molecular formula is C19H22FN3O2. The molecule has 2 heterocycles. The smallest absolute Gasteiger partial charge is 0.410 e. The van der Waals surface area contributed by atoms with E-state index in [4.69, 9.17) is 4.74 Å². The summed E-state index contributed by atoms with van der Waals surface area (Å²) in [6.07, 6.45) is 1.68. The fourth-order valence-corrected chi connectivity index (χ4v) is 3.69. The number of hydrogen-bond acceptors (Lipinski definition) is 3. The lowest BCUT2D eigenvalue weighted by Crippen LogP contribution is -2.36. The van der Waals surface area contributed by atoms with Crippen molar-refractivity contribution in [2.24, 2.45) is 11.8 Å². The van der Waals surface area contributed by atoms with E-state index in [1.807, 2.05) is 33.0 Å². The predicted molar refractivity (Wildman–Crippen MR) is 91.1 cm³/mol. The number of piperidine rings is 1. The molecule has 2 aromatic rings. The van der Waals surface area contributed by atoms with E-state index in [9.17, 15) is 9.18 Å². The molecule has 1 aliphatic carbocycles. The van der Waals surface area contributed by atoms with Crippen molar-refractivity contribution in [3.63, 3.8) is 0 Å². The highest BCUT2D eigenvalue weighted by atomic mass is 19.1. The Morgan fingerprint density at radius 2 is 1.80 bits per heavy atom. The highest BCUT2D eigenvalue weighted by molar-refractivity contribution is 5.69. The van der Waals surface area contributed by atoms with Gasteiger partial charge in [0.25, 0.3) is 0 Å². The van der Waals surface area contributed by atoms with Crippen LogP contribution in [0.3, 0.4) is 0 Å². The van der Waals surface area contributed by atoms with Crippen LogP contribution in [0.1, 0.15) is 32.4 Å². The number of ether oxygens (including phenoxy) is 1. The number of hydrogen-bond donors (Lipinski definition) is 0. The van der Waals surface area contributed by atoms with Crippen LogP contribution >= 0.6 is 0 Å². The van der Waals surface area contributed by atoms with Gasteiger partial charge in [0.1, 0.15) is 11.4 Å². The zero-order valence-electron chi connectivity index (χ0n) is 14.6. The summed E-state index contributed by atoms with van der Waals surface area (Å²) >= 11 is 0. The molecular weight excluding hydrogens is 321 g/mol. The molecule has 132 valence electrons. The van der Waals surface area contributed by atoms with Crippen LogP contribution in [0.4, 0.5) is 9.18 Å². The number of nitrogens with zero attached hydrogens (tertiary/aromatic N) is 3. The molecule has 25 heavy (non-hydrogen) atoms. The van der Waals surface area contributed by atoms with Crippen molar-refractivity contribution in [1.29, 1.82) is 0 Å². The topological polar surface area (TPSA) is 47.4 Å². The number of carbonyl (C=O) groups is 1. The first-order chi connectivity index (χ1) is 11.8. The van der Waals surface area contributed by atoms with Gasteiger partial charge in [-0.25, -0.2) is 13.9 Å². The van der Waals surface area contributed by atoms with Gasteiger partial charge in [0.15, 0.2) is 0 Å². The highest BCUT2D eigenvalue weighted by Gasteiger charge is 2.58. The predicted octanol–water partition coefficient (Wildman–Crippen LogP) is 3.59. The zero-order chi connectivity index (χ0) is 17.8. The van der Waals surface area contributed by atoms with Gasteiger partial charge in [0, 0.05) is 25.2 Å². The van der Waals surface area contributed by atoms with E-state index in [2.05, 4.69) is 5.10 Å². The number of rotatable bonds is 2. The van der Waals surface area contributed by atoms with E-state index < -0.39 is 5.60 Å².